The van der Waals surface area contributed by atoms with Crippen molar-refractivity contribution >= 4 is 27.7 Å². The van der Waals surface area contributed by atoms with Crippen LogP contribution < -0.4 is 0 Å². The number of para-hydroxylation sites is 2. The number of amides is 1. The van der Waals surface area contributed by atoms with E-state index in [1.54, 1.807) is 0 Å². The van der Waals surface area contributed by atoms with Gasteiger partial charge in [-0.05, 0) is 33.0 Å². The van der Waals surface area contributed by atoms with E-state index in [2.05, 4.69) is 28.8 Å². The number of aromatic nitrogens is 1. The van der Waals surface area contributed by atoms with Crippen molar-refractivity contribution in [3.63, 3.8) is 0 Å². The van der Waals surface area contributed by atoms with E-state index in [4.69, 9.17) is 0 Å². The Balaban J connectivity index is 1.74. The molecule has 0 saturated carbocycles. The second-order valence-corrected chi connectivity index (χ2v) is 7.06. The first kappa shape index (κ1) is 19.4. The summed E-state index contributed by atoms with van der Waals surface area (Å²) in [6.07, 6.45) is -0.557. The highest BCUT2D eigenvalue weighted by Crippen LogP contribution is 2.28. The number of rotatable bonds is 8. The summed E-state index contributed by atoms with van der Waals surface area (Å²) in [6, 6.07) is 16.6. The summed E-state index contributed by atoms with van der Waals surface area (Å²) in [4.78, 5) is 16.0. The fourth-order valence-corrected chi connectivity index (χ4v) is 3.80. The maximum atomic E-state index is 12.3. The number of nitrogens with zero attached hydrogens (tertiary/aromatic N) is 3. The molecule has 0 unspecified atom stereocenters. The molecule has 0 bridgehead atoms. The van der Waals surface area contributed by atoms with Gasteiger partial charge in [0.25, 0.3) is 0 Å². The maximum Gasteiger partial charge on any atom is 0.236 e. The summed E-state index contributed by atoms with van der Waals surface area (Å²) in [7, 11) is 1.89. The number of carbonyl (C=O) groups excluding carboxylic acids is 1. The van der Waals surface area contributed by atoms with E-state index in [1.807, 2.05) is 55.0 Å². The Morgan fingerprint density at radius 3 is 2.04 bits per heavy atom. The SMILES string of the molecule is CCN(CC)C(=O)CN(C)C[C@H](O)Cn1c2ccccc2c2ccccc21. The summed E-state index contributed by atoms with van der Waals surface area (Å²) in [5, 5.41) is 13.1. The average molecular weight is 367 g/mol. The zero-order valence-corrected chi connectivity index (χ0v) is 16.4. The molecule has 0 aliphatic heterocycles. The first-order chi connectivity index (χ1) is 13.0. The van der Waals surface area contributed by atoms with Crippen molar-refractivity contribution in [2.75, 3.05) is 33.2 Å². The number of benzene rings is 2. The molecule has 5 nitrogen and oxygen atoms in total. The molecule has 1 amide bonds. The minimum Gasteiger partial charge on any atom is -0.390 e. The molecule has 1 heterocycles. The lowest BCUT2D eigenvalue weighted by atomic mass is 10.2. The van der Waals surface area contributed by atoms with Crippen LogP contribution in [0.15, 0.2) is 48.5 Å². The zero-order chi connectivity index (χ0) is 19.4. The van der Waals surface area contributed by atoms with E-state index >= 15 is 0 Å². The molecule has 1 aromatic heterocycles. The molecule has 0 radical (unpaired) electrons. The van der Waals surface area contributed by atoms with Crippen molar-refractivity contribution < 1.29 is 9.90 Å². The van der Waals surface area contributed by atoms with Crippen LogP contribution in [0.4, 0.5) is 0 Å². The highest BCUT2D eigenvalue weighted by Gasteiger charge is 2.17. The normalized spacial score (nSPS) is 12.8. The minimum absolute atomic E-state index is 0.103. The van der Waals surface area contributed by atoms with Gasteiger partial charge in [0.05, 0.1) is 19.2 Å². The van der Waals surface area contributed by atoms with E-state index < -0.39 is 6.10 Å². The Kier molecular flexibility index (Phi) is 6.14. The fraction of sp³-hybridized carbons (Fsp3) is 0.409. The molecule has 1 atom stereocenters. The van der Waals surface area contributed by atoms with Gasteiger partial charge in [-0.25, -0.2) is 0 Å². The van der Waals surface area contributed by atoms with E-state index in [9.17, 15) is 9.90 Å². The van der Waals surface area contributed by atoms with Crippen LogP contribution in [0.3, 0.4) is 0 Å². The van der Waals surface area contributed by atoms with Gasteiger partial charge in [0.2, 0.25) is 5.91 Å². The Bertz CT molecular complexity index is 861. The smallest absolute Gasteiger partial charge is 0.236 e. The lowest BCUT2D eigenvalue weighted by Gasteiger charge is -2.25. The topological polar surface area (TPSA) is 48.7 Å². The van der Waals surface area contributed by atoms with Crippen molar-refractivity contribution in [2.45, 2.75) is 26.5 Å². The van der Waals surface area contributed by atoms with E-state index in [1.165, 1.54) is 10.8 Å². The molecule has 3 rings (SSSR count). The Labute approximate surface area is 160 Å². The van der Waals surface area contributed by atoms with E-state index in [-0.39, 0.29) is 5.91 Å². The summed E-state index contributed by atoms with van der Waals surface area (Å²) >= 11 is 0. The lowest BCUT2D eigenvalue weighted by Crippen LogP contribution is -2.41. The van der Waals surface area contributed by atoms with Gasteiger partial charge < -0.3 is 14.6 Å². The summed E-state index contributed by atoms with van der Waals surface area (Å²) in [5.41, 5.74) is 2.25. The third-order valence-electron chi connectivity index (χ3n) is 5.12. The van der Waals surface area contributed by atoms with Crippen molar-refractivity contribution in [3.05, 3.63) is 48.5 Å². The third-order valence-corrected chi connectivity index (χ3v) is 5.12. The Hall–Kier alpha value is -2.37. The molecule has 3 aromatic rings. The first-order valence-electron chi connectivity index (χ1n) is 9.65. The van der Waals surface area contributed by atoms with Crippen LogP contribution in [0.2, 0.25) is 0 Å². The van der Waals surface area contributed by atoms with Gasteiger partial charge in [0, 0.05) is 41.4 Å². The predicted octanol–water partition coefficient (Wildman–Crippen LogP) is 2.96. The molecular formula is C22H29N3O2. The number of carbonyl (C=O) groups is 1. The monoisotopic (exact) mass is 367 g/mol. The summed E-state index contributed by atoms with van der Waals surface area (Å²) < 4.78 is 2.18. The summed E-state index contributed by atoms with van der Waals surface area (Å²) in [5.74, 6) is 0.103. The largest absolute Gasteiger partial charge is 0.390 e. The zero-order valence-electron chi connectivity index (χ0n) is 16.4. The van der Waals surface area contributed by atoms with Gasteiger partial charge in [0.1, 0.15) is 0 Å². The molecular weight excluding hydrogens is 338 g/mol. The van der Waals surface area contributed by atoms with Crippen molar-refractivity contribution in [2.24, 2.45) is 0 Å². The van der Waals surface area contributed by atoms with Crippen LogP contribution in [-0.2, 0) is 11.3 Å². The van der Waals surface area contributed by atoms with Gasteiger partial charge in [-0.3, -0.25) is 9.69 Å². The summed E-state index contributed by atoms with van der Waals surface area (Å²) in [6.45, 7) is 6.68. The molecule has 0 aliphatic carbocycles. The number of fused-ring (bicyclic) bond motifs is 3. The van der Waals surface area contributed by atoms with Gasteiger partial charge in [-0.1, -0.05) is 36.4 Å². The number of aliphatic hydroxyl groups is 1. The maximum absolute atomic E-state index is 12.3. The van der Waals surface area contributed by atoms with Crippen LogP contribution in [0, 0.1) is 0 Å². The molecule has 0 fully saturated rings. The quantitative estimate of drug-likeness (QED) is 0.666. The minimum atomic E-state index is -0.557. The van der Waals surface area contributed by atoms with E-state index in [0.29, 0.717) is 32.7 Å². The number of hydrogen-bond acceptors (Lipinski definition) is 3. The van der Waals surface area contributed by atoms with Crippen LogP contribution in [0.25, 0.3) is 21.8 Å². The van der Waals surface area contributed by atoms with E-state index in [0.717, 1.165) is 11.0 Å². The molecule has 27 heavy (non-hydrogen) atoms. The number of hydrogen-bond donors (Lipinski definition) is 1. The van der Waals surface area contributed by atoms with Crippen LogP contribution in [0.1, 0.15) is 13.8 Å². The second kappa shape index (κ2) is 8.55. The van der Waals surface area contributed by atoms with Crippen molar-refractivity contribution in [3.8, 4) is 0 Å². The van der Waals surface area contributed by atoms with Crippen LogP contribution >= 0.6 is 0 Å². The number of likely N-dealkylation sites (N-methyl/N-ethyl adjacent to an activating group) is 2. The van der Waals surface area contributed by atoms with Crippen molar-refractivity contribution in [1.29, 1.82) is 0 Å². The fourth-order valence-electron chi connectivity index (χ4n) is 3.80. The molecule has 5 heteroatoms. The first-order valence-corrected chi connectivity index (χ1v) is 9.65. The predicted molar refractivity (Wildman–Crippen MR) is 111 cm³/mol. The Morgan fingerprint density at radius 2 is 1.52 bits per heavy atom. The molecule has 0 saturated heterocycles. The van der Waals surface area contributed by atoms with Crippen molar-refractivity contribution in [1.82, 2.24) is 14.4 Å². The molecule has 0 aliphatic rings. The molecule has 2 aromatic carbocycles. The van der Waals surface area contributed by atoms with Gasteiger partial charge in [0.15, 0.2) is 0 Å². The second-order valence-electron chi connectivity index (χ2n) is 7.06. The van der Waals surface area contributed by atoms with Crippen LogP contribution in [0.5, 0.6) is 0 Å². The standard InChI is InChI=1S/C22H29N3O2/c1-4-24(5-2)22(27)16-23(3)14-17(26)15-25-20-12-8-6-10-18(20)19-11-7-9-13-21(19)25/h6-13,17,26H,4-5,14-16H2,1-3H3/t17-/m0/s1. The molecule has 0 spiro atoms. The number of aliphatic hydroxyl groups excluding tert-OH is 1. The van der Waals surface area contributed by atoms with Crippen LogP contribution in [-0.4, -0.2) is 64.7 Å². The third kappa shape index (κ3) is 4.15. The molecule has 1 N–H and O–H groups in total. The molecule has 144 valence electrons. The van der Waals surface area contributed by atoms with Gasteiger partial charge >= 0.3 is 0 Å². The van der Waals surface area contributed by atoms with Gasteiger partial charge in [-0.2, -0.15) is 0 Å². The highest BCUT2D eigenvalue weighted by molar-refractivity contribution is 6.07. The average Bonchev–Trinajstić information content (AvgIpc) is 2.97. The lowest BCUT2D eigenvalue weighted by molar-refractivity contribution is -0.132. The van der Waals surface area contributed by atoms with Gasteiger partial charge in [-0.15, -0.1) is 0 Å². The highest BCUT2D eigenvalue weighted by atomic mass is 16.3. The Morgan fingerprint density at radius 1 is 1.00 bits per heavy atom.